The first-order valence-corrected chi connectivity index (χ1v) is 6.56. The fourth-order valence-electron chi connectivity index (χ4n) is 3.60. The predicted octanol–water partition coefficient (Wildman–Crippen LogP) is 2.47. The van der Waals surface area contributed by atoms with Crippen LogP contribution in [0.15, 0.2) is 6.20 Å². The molecule has 3 atom stereocenters. The molecule has 0 spiro atoms. The molecule has 2 aliphatic rings. The van der Waals surface area contributed by atoms with Gasteiger partial charge in [0.25, 0.3) is 0 Å². The summed E-state index contributed by atoms with van der Waals surface area (Å²) >= 11 is 5.26. The van der Waals surface area contributed by atoms with Gasteiger partial charge < -0.3 is 14.7 Å². The largest absolute Gasteiger partial charge is 0.390 e. The zero-order chi connectivity index (χ0) is 11.1. The summed E-state index contributed by atoms with van der Waals surface area (Å²) in [5, 5.41) is 9.25. The Morgan fingerprint density at radius 1 is 1.44 bits per heavy atom. The van der Waals surface area contributed by atoms with Crippen molar-refractivity contribution in [2.75, 3.05) is 0 Å². The number of imidazole rings is 1. The SMILES string of the molecule is OCc1c[nH]c(=S)n1CC1CC2CCC1C2. The maximum atomic E-state index is 9.25. The number of rotatable bonds is 3. The summed E-state index contributed by atoms with van der Waals surface area (Å²) in [6, 6.07) is 0. The number of hydrogen-bond acceptors (Lipinski definition) is 2. The van der Waals surface area contributed by atoms with Gasteiger partial charge in [-0.25, -0.2) is 0 Å². The van der Waals surface area contributed by atoms with Crippen molar-refractivity contribution in [2.45, 2.75) is 38.8 Å². The molecular formula is C12H18N2OS. The van der Waals surface area contributed by atoms with Gasteiger partial charge in [-0.15, -0.1) is 0 Å². The molecule has 0 aromatic carbocycles. The normalized spacial score (nSPS) is 32.4. The van der Waals surface area contributed by atoms with Gasteiger partial charge in [0.1, 0.15) is 0 Å². The maximum Gasteiger partial charge on any atom is 0.177 e. The molecule has 1 aromatic rings. The Bertz CT molecular complexity index is 436. The second-order valence-electron chi connectivity index (χ2n) is 5.29. The van der Waals surface area contributed by atoms with Gasteiger partial charge in [0.15, 0.2) is 4.77 Å². The van der Waals surface area contributed by atoms with E-state index in [1.54, 1.807) is 0 Å². The number of aliphatic hydroxyl groups is 1. The van der Waals surface area contributed by atoms with E-state index in [1.165, 1.54) is 25.7 Å². The number of fused-ring (bicyclic) bond motifs is 2. The molecule has 2 aliphatic carbocycles. The van der Waals surface area contributed by atoms with Crippen molar-refractivity contribution in [3.8, 4) is 0 Å². The lowest BCUT2D eigenvalue weighted by Crippen LogP contribution is -2.18. The highest BCUT2D eigenvalue weighted by Crippen LogP contribution is 2.48. The van der Waals surface area contributed by atoms with Crippen LogP contribution in [-0.2, 0) is 13.2 Å². The topological polar surface area (TPSA) is 40.9 Å². The third kappa shape index (κ3) is 1.64. The maximum absolute atomic E-state index is 9.25. The molecule has 1 aromatic heterocycles. The Morgan fingerprint density at radius 3 is 2.94 bits per heavy atom. The van der Waals surface area contributed by atoms with Crippen LogP contribution in [0, 0.1) is 22.5 Å². The third-order valence-electron chi connectivity index (χ3n) is 4.42. The number of aromatic nitrogens is 2. The van der Waals surface area contributed by atoms with Crippen molar-refractivity contribution >= 4 is 12.2 Å². The van der Waals surface area contributed by atoms with Crippen LogP contribution in [0.1, 0.15) is 31.4 Å². The van der Waals surface area contributed by atoms with Crippen LogP contribution in [0.25, 0.3) is 0 Å². The summed E-state index contributed by atoms with van der Waals surface area (Å²) in [6.45, 7) is 1.08. The quantitative estimate of drug-likeness (QED) is 0.794. The van der Waals surface area contributed by atoms with E-state index in [2.05, 4.69) is 9.55 Å². The number of nitrogens with zero attached hydrogens (tertiary/aromatic N) is 1. The second-order valence-corrected chi connectivity index (χ2v) is 5.68. The van der Waals surface area contributed by atoms with Crippen LogP contribution in [0.4, 0.5) is 0 Å². The fourth-order valence-corrected chi connectivity index (χ4v) is 3.85. The van der Waals surface area contributed by atoms with Gasteiger partial charge in [-0.05, 0) is 49.2 Å². The number of H-pyrrole nitrogens is 1. The lowest BCUT2D eigenvalue weighted by atomic mass is 9.89. The van der Waals surface area contributed by atoms with E-state index < -0.39 is 0 Å². The highest BCUT2D eigenvalue weighted by atomic mass is 32.1. The van der Waals surface area contributed by atoms with Crippen molar-refractivity contribution in [3.05, 3.63) is 16.7 Å². The molecule has 0 amide bonds. The highest BCUT2D eigenvalue weighted by molar-refractivity contribution is 7.71. The molecule has 2 N–H and O–H groups in total. The van der Waals surface area contributed by atoms with Gasteiger partial charge in [0.2, 0.25) is 0 Å². The molecule has 3 nitrogen and oxygen atoms in total. The Morgan fingerprint density at radius 2 is 2.31 bits per heavy atom. The summed E-state index contributed by atoms with van der Waals surface area (Å²) in [4.78, 5) is 3.02. The molecule has 0 saturated heterocycles. The van der Waals surface area contributed by atoms with Crippen LogP contribution < -0.4 is 0 Å². The highest BCUT2D eigenvalue weighted by Gasteiger charge is 2.39. The van der Waals surface area contributed by atoms with Crippen LogP contribution in [0.2, 0.25) is 0 Å². The number of nitrogens with one attached hydrogen (secondary N) is 1. The molecule has 2 bridgehead atoms. The summed E-state index contributed by atoms with van der Waals surface area (Å²) in [7, 11) is 0. The monoisotopic (exact) mass is 238 g/mol. The van der Waals surface area contributed by atoms with Gasteiger partial charge in [-0.2, -0.15) is 0 Å². The standard InChI is InChI=1S/C12H18N2OS/c15-7-11-5-13-12(16)14(11)6-10-4-8-1-2-9(10)3-8/h5,8-10,15H,1-4,6-7H2,(H,13,16). The lowest BCUT2D eigenvalue weighted by molar-refractivity contribution is 0.253. The average molecular weight is 238 g/mol. The van der Waals surface area contributed by atoms with Crippen molar-refractivity contribution in [1.29, 1.82) is 0 Å². The zero-order valence-electron chi connectivity index (χ0n) is 9.35. The van der Waals surface area contributed by atoms with Gasteiger partial charge in [-0.1, -0.05) is 6.42 Å². The van der Waals surface area contributed by atoms with E-state index in [4.69, 9.17) is 12.2 Å². The minimum atomic E-state index is 0.0773. The third-order valence-corrected chi connectivity index (χ3v) is 4.76. The van der Waals surface area contributed by atoms with Gasteiger partial charge >= 0.3 is 0 Å². The first-order chi connectivity index (χ1) is 7.78. The van der Waals surface area contributed by atoms with Crippen molar-refractivity contribution in [1.82, 2.24) is 9.55 Å². The minimum absolute atomic E-state index is 0.0773. The summed E-state index contributed by atoms with van der Waals surface area (Å²) in [5.41, 5.74) is 0.924. The molecular weight excluding hydrogens is 220 g/mol. The van der Waals surface area contributed by atoms with Crippen molar-refractivity contribution in [2.24, 2.45) is 17.8 Å². The summed E-state index contributed by atoms with van der Waals surface area (Å²) < 4.78 is 2.84. The molecule has 0 aliphatic heterocycles. The molecule has 2 fully saturated rings. The molecule has 88 valence electrons. The lowest BCUT2D eigenvalue weighted by Gasteiger charge is -2.22. The number of hydrogen-bond donors (Lipinski definition) is 2. The molecule has 1 heterocycles. The van der Waals surface area contributed by atoms with E-state index >= 15 is 0 Å². The molecule has 0 radical (unpaired) electrons. The van der Waals surface area contributed by atoms with Crippen LogP contribution in [-0.4, -0.2) is 14.7 Å². The number of aromatic amines is 1. The Balaban J connectivity index is 1.79. The van der Waals surface area contributed by atoms with Crippen molar-refractivity contribution in [3.63, 3.8) is 0 Å². The fraction of sp³-hybridized carbons (Fsp3) is 0.750. The Kier molecular flexibility index (Phi) is 2.64. The van der Waals surface area contributed by atoms with E-state index in [0.717, 1.165) is 34.8 Å². The van der Waals surface area contributed by atoms with Crippen LogP contribution in [0.3, 0.4) is 0 Å². The Hall–Kier alpha value is -0.610. The first kappa shape index (κ1) is 10.5. The Labute approximate surface area is 100 Å². The zero-order valence-corrected chi connectivity index (χ0v) is 10.2. The second kappa shape index (κ2) is 4.00. The van der Waals surface area contributed by atoms with Gasteiger partial charge in [-0.3, -0.25) is 0 Å². The molecule has 4 heteroatoms. The van der Waals surface area contributed by atoms with Gasteiger partial charge in [0.05, 0.1) is 12.3 Å². The molecule has 2 saturated carbocycles. The molecule has 3 unspecified atom stereocenters. The van der Waals surface area contributed by atoms with Crippen LogP contribution in [0.5, 0.6) is 0 Å². The van der Waals surface area contributed by atoms with E-state index in [-0.39, 0.29) is 6.61 Å². The predicted molar refractivity (Wildman–Crippen MR) is 64.5 cm³/mol. The van der Waals surface area contributed by atoms with E-state index in [1.807, 2.05) is 6.20 Å². The van der Waals surface area contributed by atoms with E-state index in [9.17, 15) is 5.11 Å². The smallest absolute Gasteiger partial charge is 0.177 e. The summed E-state index contributed by atoms with van der Waals surface area (Å²) in [6.07, 6.45) is 7.46. The molecule has 16 heavy (non-hydrogen) atoms. The van der Waals surface area contributed by atoms with E-state index in [0.29, 0.717) is 0 Å². The molecule has 3 rings (SSSR count). The van der Waals surface area contributed by atoms with Gasteiger partial charge in [0, 0.05) is 12.7 Å². The number of aliphatic hydroxyl groups excluding tert-OH is 1. The van der Waals surface area contributed by atoms with Crippen molar-refractivity contribution < 1.29 is 5.11 Å². The van der Waals surface area contributed by atoms with Crippen LogP contribution >= 0.6 is 12.2 Å². The average Bonchev–Trinajstić information content (AvgIpc) is 2.96. The minimum Gasteiger partial charge on any atom is -0.390 e. The first-order valence-electron chi connectivity index (χ1n) is 6.16. The summed E-state index contributed by atoms with van der Waals surface area (Å²) in [5.74, 6) is 2.67.